The van der Waals surface area contributed by atoms with Crippen LogP contribution in [0.5, 0.6) is 28.7 Å². The summed E-state index contributed by atoms with van der Waals surface area (Å²) in [6.45, 7) is 0.375. The molecule has 2 aliphatic heterocycles. The Kier molecular flexibility index (Phi) is 6.19. The van der Waals surface area contributed by atoms with Gasteiger partial charge in [-0.2, -0.15) is 0 Å². The van der Waals surface area contributed by atoms with Crippen LogP contribution in [0.1, 0.15) is 11.1 Å². The van der Waals surface area contributed by atoms with Crippen LogP contribution in [0.4, 0.5) is 0 Å². The molecule has 7 nitrogen and oxygen atoms in total. The fraction of sp³-hybridized carbons (Fsp3) is 0.381. The molecule has 1 saturated heterocycles. The number of ether oxygens (including phenoxy) is 5. The van der Waals surface area contributed by atoms with Crippen LogP contribution in [0, 0.1) is 11.8 Å². The van der Waals surface area contributed by atoms with Gasteiger partial charge in [0.25, 0.3) is 0 Å². The van der Waals surface area contributed by atoms with Gasteiger partial charge < -0.3 is 28.8 Å². The molecule has 1 N–H and O–H groups in total. The van der Waals surface area contributed by atoms with Gasteiger partial charge in [-0.05, 0) is 30.0 Å². The number of hydrogen-bond donors (Lipinski definition) is 1. The average molecular weight is 490 g/mol. The van der Waals surface area contributed by atoms with E-state index in [1.165, 1.54) is 14.2 Å². The van der Waals surface area contributed by atoms with E-state index in [4.69, 9.17) is 58.5 Å². The minimum Gasteiger partial charge on any atom is -0.502 e. The average Bonchev–Trinajstić information content (AvgIpc) is 3.32. The highest BCUT2D eigenvalue weighted by Crippen LogP contribution is 2.50. The van der Waals surface area contributed by atoms with Gasteiger partial charge in [-0.15, -0.1) is 0 Å². The molecule has 0 spiro atoms. The topological polar surface area (TPSA) is 83.5 Å². The van der Waals surface area contributed by atoms with E-state index in [2.05, 4.69) is 0 Å². The van der Waals surface area contributed by atoms with Crippen LogP contribution in [0.2, 0.25) is 15.1 Å². The summed E-state index contributed by atoms with van der Waals surface area (Å²) in [6, 6.07) is 3.52. The first-order chi connectivity index (χ1) is 14.8. The van der Waals surface area contributed by atoms with Crippen molar-refractivity contribution in [1.82, 2.24) is 0 Å². The lowest BCUT2D eigenvalue weighted by atomic mass is 9.84. The Labute approximate surface area is 193 Å². The molecule has 166 valence electrons. The summed E-state index contributed by atoms with van der Waals surface area (Å²) in [4.78, 5) is 12.6. The predicted octanol–water partition coefficient (Wildman–Crippen LogP) is 4.67. The molecule has 0 bridgehead atoms. The number of benzene rings is 2. The van der Waals surface area contributed by atoms with Crippen molar-refractivity contribution in [2.75, 3.05) is 27.6 Å². The van der Waals surface area contributed by atoms with Crippen LogP contribution in [-0.4, -0.2) is 38.7 Å². The zero-order chi connectivity index (χ0) is 22.3. The Morgan fingerprint density at radius 3 is 2.23 bits per heavy atom. The molecule has 2 atom stereocenters. The lowest BCUT2D eigenvalue weighted by Crippen LogP contribution is -2.21. The van der Waals surface area contributed by atoms with Gasteiger partial charge in [0.2, 0.25) is 12.5 Å². The van der Waals surface area contributed by atoms with E-state index < -0.39 is 5.92 Å². The van der Waals surface area contributed by atoms with Crippen molar-refractivity contribution in [2.24, 2.45) is 11.8 Å². The Hall–Kier alpha value is -2.22. The van der Waals surface area contributed by atoms with Crippen LogP contribution in [0.3, 0.4) is 0 Å². The van der Waals surface area contributed by atoms with Gasteiger partial charge in [0, 0.05) is 17.0 Å². The second-order valence-electron chi connectivity index (χ2n) is 7.22. The van der Waals surface area contributed by atoms with Crippen LogP contribution < -0.4 is 18.9 Å². The molecular formula is C21H19Cl3O7. The number of carbonyl (C=O) groups excluding carboxylic acids is 1. The van der Waals surface area contributed by atoms with Gasteiger partial charge in [-0.1, -0.05) is 34.8 Å². The molecule has 10 heteroatoms. The molecule has 31 heavy (non-hydrogen) atoms. The number of cyclic esters (lactones) is 1. The van der Waals surface area contributed by atoms with Crippen LogP contribution >= 0.6 is 34.8 Å². The molecule has 2 aromatic carbocycles. The van der Waals surface area contributed by atoms with E-state index in [1.54, 1.807) is 6.07 Å². The first-order valence-corrected chi connectivity index (χ1v) is 10.5. The largest absolute Gasteiger partial charge is 0.502 e. The molecule has 2 aliphatic rings. The number of esters is 1. The third-order valence-corrected chi connectivity index (χ3v) is 6.68. The second kappa shape index (κ2) is 8.73. The maximum Gasteiger partial charge on any atom is 0.309 e. The highest BCUT2D eigenvalue weighted by Gasteiger charge is 2.39. The van der Waals surface area contributed by atoms with Crippen molar-refractivity contribution in [1.29, 1.82) is 0 Å². The molecular weight excluding hydrogens is 471 g/mol. The highest BCUT2D eigenvalue weighted by molar-refractivity contribution is 6.38. The minimum atomic E-state index is -0.532. The standard InChI is InChI=1S/C21H19Cl3O7/c1-27-19-16(23)12(17(24)20(28-2)18(19)25)5-11-10(7-29-21(11)26)3-9-4-14-15(6-13(9)22)31-8-30-14/h4,6,10-11,25H,3,5,7-8H2,1-2H3/t10-,11+/m0/s1. The zero-order valence-electron chi connectivity index (χ0n) is 16.7. The summed E-state index contributed by atoms with van der Waals surface area (Å²) >= 11 is 19.3. The van der Waals surface area contributed by atoms with Crippen molar-refractivity contribution in [2.45, 2.75) is 12.8 Å². The summed E-state index contributed by atoms with van der Waals surface area (Å²) < 4.78 is 26.5. The third-order valence-electron chi connectivity index (χ3n) is 5.53. The van der Waals surface area contributed by atoms with Gasteiger partial charge in [0.1, 0.15) is 0 Å². The van der Waals surface area contributed by atoms with Crippen LogP contribution in [-0.2, 0) is 22.4 Å². The van der Waals surface area contributed by atoms with Gasteiger partial charge in [0.15, 0.2) is 23.0 Å². The summed E-state index contributed by atoms with van der Waals surface area (Å²) in [5.74, 6) is -0.120. The van der Waals surface area contributed by atoms with Gasteiger partial charge in [-0.3, -0.25) is 4.79 Å². The second-order valence-corrected chi connectivity index (χ2v) is 8.39. The molecule has 0 saturated carbocycles. The summed E-state index contributed by atoms with van der Waals surface area (Å²) in [5.41, 5.74) is 1.25. The zero-order valence-corrected chi connectivity index (χ0v) is 18.9. The number of rotatable bonds is 6. The smallest absolute Gasteiger partial charge is 0.309 e. The molecule has 0 aromatic heterocycles. The van der Waals surface area contributed by atoms with E-state index in [-0.39, 0.29) is 59.0 Å². The van der Waals surface area contributed by atoms with Crippen LogP contribution in [0.15, 0.2) is 12.1 Å². The number of phenols is 1. The number of hydrogen-bond acceptors (Lipinski definition) is 7. The monoisotopic (exact) mass is 488 g/mol. The highest BCUT2D eigenvalue weighted by atomic mass is 35.5. The van der Waals surface area contributed by atoms with Crippen molar-refractivity contribution in [3.8, 4) is 28.7 Å². The van der Waals surface area contributed by atoms with Gasteiger partial charge in [0.05, 0.1) is 36.8 Å². The predicted molar refractivity (Wildman–Crippen MR) is 114 cm³/mol. The Morgan fingerprint density at radius 1 is 1.00 bits per heavy atom. The number of carbonyl (C=O) groups is 1. The molecule has 2 heterocycles. The minimum absolute atomic E-state index is 0.0275. The van der Waals surface area contributed by atoms with Gasteiger partial charge >= 0.3 is 5.97 Å². The molecule has 0 unspecified atom stereocenters. The number of fused-ring (bicyclic) bond motifs is 1. The van der Waals surface area contributed by atoms with E-state index in [0.717, 1.165) is 5.56 Å². The Bertz CT molecular complexity index is 1010. The molecule has 1 fully saturated rings. The Morgan fingerprint density at radius 2 is 1.61 bits per heavy atom. The summed E-state index contributed by atoms with van der Waals surface area (Å²) in [5, 5.41) is 11.0. The van der Waals surface area contributed by atoms with Crippen molar-refractivity contribution < 1.29 is 33.6 Å². The summed E-state index contributed by atoms with van der Waals surface area (Å²) in [6.07, 6.45) is 0.657. The van der Waals surface area contributed by atoms with E-state index >= 15 is 0 Å². The van der Waals surface area contributed by atoms with Crippen LogP contribution in [0.25, 0.3) is 0 Å². The maximum atomic E-state index is 12.6. The number of methoxy groups -OCH3 is 2. The fourth-order valence-electron chi connectivity index (χ4n) is 3.91. The molecule has 2 aromatic rings. The lowest BCUT2D eigenvalue weighted by Gasteiger charge is -2.20. The quantitative estimate of drug-likeness (QED) is 0.590. The first kappa shape index (κ1) is 22.0. The molecule has 0 radical (unpaired) electrons. The molecule has 0 amide bonds. The van der Waals surface area contributed by atoms with Crippen molar-refractivity contribution >= 4 is 40.8 Å². The van der Waals surface area contributed by atoms with Gasteiger partial charge in [-0.25, -0.2) is 0 Å². The first-order valence-electron chi connectivity index (χ1n) is 9.41. The van der Waals surface area contributed by atoms with Crippen molar-refractivity contribution in [3.63, 3.8) is 0 Å². The molecule has 4 rings (SSSR count). The third kappa shape index (κ3) is 3.90. The fourth-order valence-corrected chi connectivity index (χ4v) is 4.86. The van der Waals surface area contributed by atoms with E-state index in [1.807, 2.05) is 6.07 Å². The number of halogens is 3. The summed E-state index contributed by atoms with van der Waals surface area (Å²) in [7, 11) is 2.73. The Balaban J connectivity index is 1.65. The number of aromatic hydroxyl groups is 1. The normalized spacial score (nSPS) is 19.5. The van der Waals surface area contributed by atoms with Crippen molar-refractivity contribution in [3.05, 3.63) is 38.3 Å². The number of phenolic OH excluding ortho intramolecular Hbond substituents is 1. The maximum absolute atomic E-state index is 12.6. The van der Waals surface area contributed by atoms with E-state index in [0.29, 0.717) is 28.5 Å². The SMILES string of the molecule is COc1c(O)c(OC)c(Cl)c(C[C@H]2C(=O)OC[C@@H]2Cc2cc3c(cc2Cl)OCO3)c1Cl. The lowest BCUT2D eigenvalue weighted by molar-refractivity contribution is -0.141. The molecule has 0 aliphatic carbocycles. The van der Waals surface area contributed by atoms with E-state index in [9.17, 15) is 9.90 Å².